The highest BCUT2D eigenvalue weighted by Crippen LogP contribution is 2.39. The predicted molar refractivity (Wildman–Crippen MR) is 111 cm³/mol. The van der Waals surface area contributed by atoms with E-state index in [2.05, 4.69) is 4.99 Å². The van der Waals surface area contributed by atoms with Crippen LogP contribution in [0.1, 0.15) is 11.1 Å². The SMILES string of the molecule is COc1cc(C2=NC(=Cc3cccc4ccccc34)C(=O)O2)cc(OC)c1OC. The minimum atomic E-state index is -0.512. The smallest absolute Gasteiger partial charge is 0.363 e. The van der Waals surface area contributed by atoms with Gasteiger partial charge in [0.05, 0.1) is 21.3 Å². The molecule has 0 bridgehead atoms. The molecule has 0 fully saturated rings. The van der Waals surface area contributed by atoms with Crippen molar-refractivity contribution < 1.29 is 23.7 Å². The molecule has 0 radical (unpaired) electrons. The highest BCUT2D eigenvalue weighted by atomic mass is 16.6. The second-order valence-electron chi connectivity index (χ2n) is 6.32. The average Bonchev–Trinajstić information content (AvgIpc) is 3.13. The number of hydrogen-bond acceptors (Lipinski definition) is 6. The van der Waals surface area contributed by atoms with E-state index < -0.39 is 5.97 Å². The van der Waals surface area contributed by atoms with E-state index >= 15 is 0 Å². The number of carbonyl (C=O) groups excluding carboxylic acids is 1. The van der Waals surface area contributed by atoms with E-state index in [0.717, 1.165) is 16.3 Å². The number of carbonyl (C=O) groups is 1. The zero-order valence-corrected chi connectivity index (χ0v) is 16.3. The molecule has 29 heavy (non-hydrogen) atoms. The summed E-state index contributed by atoms with van der Waals surface area (Å²) in [6.45, 7) is 0. The molecule has 3 aromatic carbocycles. The van der Waals surface area contributed by atoms with E-state index in [4.69, 9.17) is 18.9 Å². The van der Waals surface area contributed by atoms with Crippen LogP contribution in [0.25, 0.3) is 16.8 Å². The largest absolute Gasteiger partial charge is 0.493 e. The molecular formula is C23H19NO5. The number of fused-ring (bicyclic) bond motifs is 1. The van der Waals surface area contributed by atoms with Gasteiger partial charge in [0.1, 0.15) is 0 Å². The first-order valence-electron chi connectivity index (χ1n) is 8.95. The maximum atomic E-state index is 12.4. The summed E-state index contributed by atoms with van der Waals surface area (Å²) in [4.78, 5) is 16.8. The molecule has 0 spiro atoms. The molecule has 0 amide bonds. The van der Waals surface area contributed by atoms with E-state index in [9.17, 15) is 4.79 Å². The first kappa shape index (κ1) is 18.6. The van der Waals surface area contributed by atoms with E-state index in [1.807, 2.05) is 42.5 Å². The Morgan fingerprint density at radius 3 is 2.28 bits per heavy atom. The lowest BCUT2D eigenvalue weighted by atomic mass is 10.0. The Hall–Kier alpha value is -3.80. The number of ether oxygens (including phenoxy) is 4. The summed E-state index contributed by atoms with van der Waals surface area (Å²) >= 11 is 0. The van der Waals surface area contributed by atoms with Crippen LogP contribution >= 0.6 is 0 Å². The van der Waals surface area contributed by atoms with Gasteiger partial charge in [-0.3, -0.25) is 0 Å². The number of rotatable bonds is 5. The molecule has 4 rings (SSSR count). The summed E-state index contributed by atoms with van der Waals surface area (Å²) in [5.74, 6) is 1.02. The standard InChI is InChI=1S/C23H19NO5/c1-26-19-12-16(13-20(27-2)21(19)28-3)22-24-18(23(25)29-22)11-15-9-6-8-14-7-4-5-10-17(14)15/h4-13H,1-3H3. The fourth-order valence-corrected chi connectivity index (χ4v) is 3.26. The molecule has 0 aliphatic carbocycles. The maximum absolute atomic E-state index is 12.4. The van der Waals surface area contributed by atoms with Gasteiger partial charge in [-0.05, 0) is 34.5 Å². The predicted octanol–water partition coefficient (Wildman–Crippen LogP) is 4.21. The van der Waals surface area contributed by atoms with E-state index in [-0.39, 0.29) is 11.6 Å². The summed E-state index contributed by atoms with van der Waals surface area (Å²) < 4.78 is 21.5. The van der Waals surface area contributed by atoms with Crippen LogP contribution in [0.5, 0.6) is 17.2 Å². The molecule has 0 aromatic heterocycles. The number of benzene rings is 3. The normalized spacial score (nSPS) is 14.7. The lowest BCUT2D eigenvalue weighted by molar-refractivity contribution is -0.129. The van der Waals surface area contributed by atoms with E-state index in [0.29, 0.717) is 22.8 Å². The van der Waals surface area contributed by atoms with Gasteiger partial charge in [0.2, 0.25) is 11.6 Å². The Kier molecular flexibility index (Phi) is 4.91. The summed E-state index contributed by atoms with van der Waals surface area (Å²) in [7, 11) is 4.57. The van der Waals surface area contributed by atoms with Crippen LogP contribution in [0.3, 0.4) is 0 Å². The van der Waals surface area contributed by atoms with Gasteiger partial charge in [0.15, 0.2) is 17.2 Å². The van der Waals surface area contributed by atoms with Crippen molar-refractivity contribution >= 4 is 28.7 Å². The third-order valence-electron chi connectivity index (χ3n) is 4.65. The second kappa shape index (κ2) is 7.67. The molecule has 1 heterocycles. The minimum absolute atomic E-state index is 0.181. The van der Waals surface area contributed by atoms with Crippen LogP contribution in [0.15, 0.2) is 65.3 Å². The summed E-state index contributed by atoms with van der Waals surface area (Å²) in [5.41, 5.74) is 1.67. The Morgan fingerprint density at radius 2 is 1.59 bits per heavy atom. The molecule has 3 aromatic rings. The van der Waals surface area contributed by atoms with Gasteiger partial charge in [-0.2, -0.15) is 0 Å². The Morgan fingerprint density at radius 1 is 0.897 bits per heavy atom. The Bertz CT molecular complexity index is 1130. The molecule has 0 N–H and O–H groups in total. The topological polar surface area (TPSA) is 66.4 Å². The quantitative estimate of drug-likeness (QED) is 0.483. The van der Waals surface area contributed by atoms with Crippen LogP contribution in [0.4, 0.5) is 0 Å². The fourth-order valence-electron chi connectivity index (χ4n) is 3.26. The van der Waals surface area contributed by atoms with Crippen LogP contribution in [-0.2, 0) is 9.53 Å². The lowest BCUT2D eigenvalue weighted by Crippen LogP contribution is -2.06. The van der Waals surface area contributed by atoms with Gasteiger partial charge in [-0.25, -0.2) is 9.79 Å². The van der Waals surface area contributed by atoms with Crippen molar-refractivity contribution in [2.75, 3.05) is 21.3 Å². The van der Waals surface area contributed by atoms with Gasteiger partial charge in [0, 0.05) is 5.56 Å². The van der Waals surface area contributed by atoms with Crippen LogP contribution in [0, 0.1) is 0 Å². The van der Waals surface area contributed by atoms with Crippen molar-refractivity contribution in [1.29, 1.82) is 0 Å². The van der Waals surface area contributed by atoms with Crippen molar-refractivity contribution in [2.45, 2.75) is 0 Å². The summed E-state index contributed by atoms with van der Waals surface area (Å²) in [5, 5.41) is 2.12. The van der Waals surface area contributed by atoms with E-state index in [1.165, 1.54) is 21.3 Å². The summed E-state index contributed by atoms with van der Waals surface area (Å²) in [6, 6.07) is 17.2. The number of hydrogen-bond donors (Lipinski definition) is 0. The van der Waals surface area contributed by atoms with Crippen molar-refractivity contribution in [1.82, 2.24) is 0 Å². The molecule has 0 saturated carbocycles. The molecule has 6 nitrogen and oxygen atoms in total. The number of aliphatic imine (C=N–C) groups is 1. The number of nitrogens with zero attached hydrogens (tertiary/aromatic N) is 1. The third-order valence-corrected chi connectivity index (χ3v) is 4.65. The molecule has 6 heteroatoms. The molecule has 0 unspecified atom stereocenters. The molecule has 0 saturated heterocycles. The van der Waals surface area contributed by atoms with Gasteiger partial charge >= 0.3 is 5.97 Å². The molecule has 1 aliphatic rings. The highest BCUT2D eigenvalue weighted by molar-refractivity contribution is 6.13. The highest BCUT2D eigenvalue weighted by Gasteiger charge is 2.26. The van der Waals surface area contributed by atoms with Gasteiger partial charge < -0.3 is 18.9 Å². The Balaban J connectivity index is 1.77. The zero-order chi connectivity index (χ0) is 20.4. The van der Waals surface area contributed by atoms with Crippen molar-refractivity contribution in [2.24, 2.45) is 4.99 Å². The van der Waals surface area contributed by atoms with Gasteiger partial charge in [-0.15, -0.1) is 0 Å². The number of esters is 1. The maximum Gasteiger partial charge on any atom is 0.363 e. The van der Waals surface area contributed by atoms with Crippen molar-refractivity contribution in [3.05, 3.63) is 71.4 Å². The number of methoxy groups -OCH3 is 3. The molecule has 0 atom stereocenters. The monoisotopic (exact) mass is 389 g/mol. The van der Waals surface area contributed by atoms with Crippen LogP contribution in [0.2, 0.25) is 0 Å². The molecule has 1 aliphatic heterocycles. The number of cyclic esters (lactones) is 1. The lowest BCUT2D eigenvalue weighted by Gasteiger charge is -2.13. The van der Waals surface area contributed by atoms with Crippen molar-refractivity contribution in [3.63, 3.8) is 0 Å². The fraction of sp³-hybridized carbons (Fsp3) is 0.130. The van der Waals surface area contributed by atoms with Gasteiger partial charge in [0.25, 0.3) is 0 Å². The van der Waals surface area contributed by atoms with Gasteiger partial charge in [-0.1, -0.05) is 42.5 Å². The average molecular weight is 389 g/mol. The zero-order valence-electron chi connectivity index (χ0n) is 16.3. The Labute approximate surface area is 168 Å². The van der Waals surface area contributed by atoms with Crippen molar-refractivity contribution in [3.8, 4) is 17.2 Å². The molecular weight excluding hydrogens is 370 g/mol. The van der Waals surface area contributed by atoms with Crippen LogP contribution in [-0.4, -0.2) is 33.2 Å². The first-order valence-corrected chi connectivity index (χ1v) is 8.95. The molecule has 146 valence electrons. The van der Waals surface area contributed by atoms with E-state index in [1.54, 1.807) is 18.2 Å². The third kappa shape index (κ3) is 3.40. The minimum Gasteiger partial charge on any atom is -0.493 e. The second-order valence-corrected chi connectivity index (χ2v) is 6.32. The summed E-state index contributed by atoms with van der Waals surface area (Å²) in [6.07, 6.45) is 1.73. The first-order chi connectivity index (χ1) is 14.1. The van der Waals surface area contributed by atoms with Crippen LogP contribution < -0.4 is 14.2 Å².